The van der Waals surface area contributed by atoms with Crippen molar-refractivity contribution in [3.8, 4) is 0 Å². The van der Waals surface area contributed by atoms with Crippen LogP contribution in [0.25, 0.3) is 6.08 Å². The van der Waals surface area contributed by atoms with E-state index in [2.05, 4.69) is 6.07 Å². The van der Waals surface area contributed by atoms with Crippen molar-refractivity contribution in [3.63, 3.8) is 0 Å². The Hall–Kier alpha value is -2.70. The van der Waals surface area contributed by atoms with E-state index >= 15 is 0 Å². The molecule has 0 unspecified atom stereocenters. The van der Waals surface area contributed by atoms with Crippen LogP contribution in [0.2, 0.25) is 0 Å². The molecule has 0 N–H and O–H groups in total. The number of aryl methyl sites for hydroxylation is 2. The molecule has 0 spiro atoms. The van der Waals surface area contributed by atoms with Crippen molar-refractivity contribution in [3.05, 3.63) is 92.3 Å². The van der Waals surface area contributed by atoms with Crippen LogP contribution >= 0.6 is 23.1 Å². The predicted octanol–water partition coefficient (Wildman–Crippen LogP) is 6.31. The summed E-state index contributed by atoms with van der Waals surface area (Å²) in [5.74, 6) is -0.439. The van der Waals surface area contributed by atoms with Crippen LogP contribution in [-0.2, 0) is 11.3 Å². The maximum Gasteiger partial charge on any atom is 0.267 e. The molecule has 0 radical (unpaired) electrons. The first-order chi connectivity index (χ1) is 14.0. The summed E-state index contributed by atoms with van der Waals surface area (Å²) < 4.78 is 13.6. The van der Waals surface area contributed by atoms with E-state index < -0.39 is 0 Å². The summed E-state index contributed by atoms with van der Waals surface area (Å²) in [6.45, 7) is 4.52. The Labute approximate surface area is 177 Å². The summed E-state index contributed by atoms with van der Waals surface area (Å²) >= 11 is 2.93. The second kappa shape index (κ2) is 8.35. The molecule has 3 aromatic rings. The largest absolute Gasteiger partial charge is 0.281 e. The van der Waals surface area contributed by atoms with E-state index in [1.165, 1.54) is 29.5 Å². The average Bonchev–Trinajstić information content (AvgIpc) is 3.28. The van der Waals surface area contributed by atoms with Gasteiger partial charge >= 0.3 is 0 Å². The third-order valence-corrected chi connectivity index (χ3v) is 6.36. The predicted molar refractivity (Wildman–Crippen MR) is 120 cm³/mol. The highest BCUT2D eigenvalue weighted by atomic mass is 32.2. The molecule has 1 aromatic heterocycles. The molecule has 1 fully saturated rings. The third-order valence-electron chi connectivity index (χ3n) is 4.50. The molecule has 1 aliphatic heterocycles. The topological polar surface area (TPSA) is 32.7 Å². The molecule has 3 nitrogen and oxygen atoms in total. The van der Waals surface area contributed by atoms with Crippen molar-refractivity contribution >= 4 is 45.9 Å². The summed E-state index contributed by atoms with van der Waals surface area (Å²) in [5.41, 5.74) is 3.73. The lowest BCUT2D eigenvalue weighted by molar-refractivity contribution is -0.122. The van der Waals surface area contributed by atoms with Gasteiger partial charge in [-0.05, 0) is 72.5 Å². The Morgan fingerprint density at radius 1 is 1.10 bits per heavy atom. The molecule has 0 saturated carbocycles. The van der Waals surface area contributed by atoms with Crippen molar-refractivity contribution in [1.29, 1.82) is 0 Å². The molecule has 4 rings (SSSR count). The number of thiophene rings is 1. The third kappa shape index (κ3) is 4.49. The van der Waals surface area contributed by atoms with Crippen LogP contribution in [0.3, 0.4) is 0 Å². The lowest BCUT2D eigenvalue weighted by Crippen LogP contribution is -2.28. The molecule has 0 bridgehead atoms. The number of carbonyl (C=O) groups is 1. The first-order valence-electron chi connectivity index (χ1n) is 9.15. The minimum Gasteiger partial charge on any atom is -0.281 e. The summed E-state index contributed by atoms with van der Waals surface area (Å²) in [7, 11) is 0. The number of aliphatic imine (C=N–C) groups is 1. The van der Waals surface area contributed by atoms with Gasteiger partial charge in [0.2, 0.25) is 0 Å². The molecule has 2 heterocycles. The molecule has 2 aromatic carbocycles. The van der Waals surface area contributed by atoms with Gasteiger partial charge in [-0.15, -0.1) is 11.3 Å². The van der Waals surface area contributed by atoms with E-state index in [-0.39, 0.29) is 11.7 Å². The Morgan fingerprint density at radius 3 is 2.69 bits per heavy atom. The molecule has 1 aliphatic rings. The van der Waals surface area contributed by atoms with Crippen LogP contribution in [0.15, 0.2) is 69.9 Å². The standard InChI is InChI=1S/C23H19FN2OS2/c1-15-8-9-20(16(2)11-15)25-23-26(14-19-7-4-10-28-19)22(27)21(29-23)13-17-5-3-6-18(24)12-17/h3-13H,14H2,1-2H3/b21-13-,25-23?. The lowest BCUT2D eigenvalue weighted by Gasteiger charge is -2.15. The second-order valence-electron chi connectivity index (χ2n) is 6.82. The molecule has 1 amide bonds. The molecule has 29 heavy (non-hydrogen) atoms. The number of thioether (sulfide) groups is 1. The zero-order valence-corrected chi connectivity index (χ0v) is 17.7. The van der Waals surface area contributed by atoms with Gasteiger partial charge in [0.15, 0.2) is 5.17 Å². The minimum absolute atomic E-state index is 0.115. The zero-order valence-electron chi connectivity index (χ0n) is 16.1. The summed E-state index contributed by atoms with van der Waals surface area (Å²) in [6, 6.07) is 16.3. The van der Waals surface area contributed by atoms with Gasteiger partial charge in [0.25, 0.3) is 5.91 Å². The number of hydrogen-bond acceptors (Lipinski definition) is 4. The van der Waals surface area contributed by atoms with Crippen LogP contribution in [0.4, 0.5) is 10.1 Å². The number of carbonyl (C=O) groups excluding carboxylic acids is 1. The number of benzene rings is 2. The Kier molecular flexibility index (Phi) is 5.65. The van der Waals surface area contributed by atoms with E-state index in [4.69, 9.17) is 4.99 Å². The van der Waals surface area contributed by atoms with E-state index in [1.807, 2.05) is 43.5 Å². The second-order valence-corrected chi connectivity index (χ2v) is 8.86. The number of halogens is 1. The Bertz CT molecular complexity index is 1120. The highest BCUT2D eigenvalue weighted by Crippen LogP contribution is 2.36. The van der Waals surface area contributed by atoms with Crippen LogP contribution in [-0.4, -0.2) is 16.0 Å². The van der Waals surface area contributed by atoms with Crippen LogP contribution in [0.5, 0.6) is 0 Å². The average molecular weight is 423 g/mol. The van der Waals surface area contributed by atoms with Gasteiger partial charge in [0.1, 0.15) is 5.82 Å². The van der Waals surface area contributed by atoms with Gasteiger partial charge in [0, 0.05) is 4.88 Å². The van der Waals surface area contributed by atoms with Gasteiger partial charge in [-0.2, -0.15) is 0 Å². The molecular weight excluding hydrogens is 403 g/mol. The molecule has 1 saturated heterocycles. The van der Waals surface area contributed by atoms with Crippen LogP contribution < -0.4 is 0 Å². The lowest BCUT2D eigenvalue weighted by atomic mass is 10.1. The fourth-order valence-electron chi connectivity index (χ4n) is 3.07. The van der Waals surface area contributed by atoms with E-state index in [0.717, 1.165) is 16.1 Å². The van der Waals surface area contributed by atoms with Gasteiger partial charge in [-0.3, -0.25) is 9.69 Å². The van der Waals surface area contributed by atoms with E-state index in [1.54, 1.807) is 34.4 Å². The van der Waals surface area contributed by atoms with Crippen molar-refractivity contribution in [2.45, 2.75) is 20.4 Å². The molecule has 146 valence electrons. The van der Waals surface area contributed by atoms with E-state index in [9.17, 15) is 9.18 Å². The van der Waals surface area contributed by atoms with Crippen LogP contribution in [0, 0.1) is 19.7 Å². The normalized spacial score (nSPS) is 16.9. The molecule has 0 aliphatic carbocycles. The fraction of sp³-hybridized carbons (Fsp3) is 0.130. The SMILES string of the molecule is Cc1ccc(N=C2S/C(=C\c3cccc(F)c3)C(=O)N2Cc2cccs2)c(C)c1. The summed E-state index contributed by atoms with van der Waals surface area (Å²) in [6.07, 6.45) is 1.72. The van der Waals surface area contributed by atoms with Crippen molar-refractivity contribution in [2.75, 3.05) is 0 Å². The first-order valence-corrected chi connectivity index (χ1v) is 10.8. The summed E-state index contributed by atoms with van der Waals surface area (Å²) in [5, 5.41) is 2.63. The quantitative estimate of drug-likeness (QED) is 0.462. The number of amides is 1. The Morgan fingerprint density at radius 2 is 1.97 bits per heavy atom. The maximum absolute atomic E-state index is 13.6. The molecule has 0 atom stereocenters. The zero-order chi connectivity index (χ0) is 20.4. The van der Waals surface area contributed by atoms with Gasteiger partial charge < -0.3 is 0 Å². The molecule has 6 heteroatoms. The first kappa shape index (κ1) is 19.6. The van der Waals surface area contributed by atoms with Gasteiger partial charge in [0.05, 0.1) is 17.1 Å². The minimum atomic E-state index is -0.325. The fourth-order valence-corrected chi connectivity index (χ4v) is 4.75. The number of hydrogen-bond donors (Lipinski definition) is 0. The number of amidine groups is 1. The number of nitrogens with zero attached hydrogens (tertiary/aromatic N) is 2. The van der Waals surface area contributed by atoms with E-state index in [0.29, 0.717) is 22.2 Å². The van der Waals surface area contributed by atoms with Gasteiger partial charge in [-0.25, -0.2) is 9.38 Å². The van der Waals surface area contributed by atoms with Crippen molar-refractivity contribution in [1.82, 2.24) is 4.90 Å². The molecular formula is C23H19FN2OS2. The highest BCUT2D eigenvalue weighted by molar-refractivity contribution is 8.18. The maximum atomic E-state index is 13.6. The van der Waals surface area contributed by atoms with Gasteiger partial charge in [-0.1, -0.05) is 35.9 Å². The summed E-state index contributed by atoms with van der Waals surface area (Å²) in [4.78, 5) is 21.2. The van der Waals surface area contributed by atoms with Crippen molar-refractivity contribution < 1.29 is 9.18 Å². The highest BCUT2D eigenvalue weighted by Gasteiger charge is 2.33. The number of rotatable bonds is 4. The monoisotopic (exact) mass is 422 g/mol. The smallest absolute Gasteiger partial charge is 0.267 e. The Balaban J connectivity index is 1.72. The van der Waals surface area contributed by atoms with Crippen molar-refractivity contribution in [2.24, 2.45) is 4.99 Å². The van der Waals surface area contributed by atoms with Crippen LogP contribution in [0.1, 0.15) is 21.6 Å².